The van der Waals surface area contributed by atoms with Crippen molar-refractivity contribution in [1.82, 2.24) is 0 Å². The Kier molecular flexibility index (Phi) is 7.95. The van der Waals surface area contributed by atoms with Gasteiger partial charge in [-0.1, -0.05) is 188 Å². The van der Waals surface area contributed by atoms with E-state index in [4.69, 9.17) is 0 Å². The lowest BCUT2D eigenvalue weighted by molar-refractivity contribution is -0.394. The highest BCUT2D eigenvalue weighted by atomic mass is 15.1. The van der Waals surface area contributed by atoms with E-state index >= 15 is 0 Å². The zero-order valence-electron chi connectivity index (χ0n) is 34.8. The van der Waals surface area contributed by atoms with Crippen LogP contribution in [0.15, 0.2) is 218 Å². The second kappa shape index (κ2) is 13.8. The summed E-state index contributed by atoms with van der Waals surface area (Å²) in [6.45, 7) is 0. The average molecular weight is 794 g/mol. The number of hydrogen-bond donors (Lipinski definition) is 0. The van der Waals surface area contributed by atoms with Crippen molar-refractivity contribution >= 4 is 27.8 Å². The predicted molar refractivity (Wildman–Crippen MR) is 259 cm³/mol. The number of hydrogen-bond acceptors (Lipinski definition) is 1. The fourth-order valence-corrected chi connectivity index (χ4v) is 13.3. The topological polar surface area (TPSA) is 3.24 Å². The van der Waals surface area contributed by atoms with Crippen LogP contribution in [0, 0.1) is 23.2 Å². The predicted octanol–water partition coefficient (Wildman–Crippen LogP) is 16.3. The van der Waals surface area contributed by atoms with Crippen molar-refractivity contribution in [2.45, 2.75) is 31.1 Å². The van der Waals surface area contributed by atoms with Gasteiger partial charge >= 0.3 is 0 Å². The molecule has 1 spiro atoms. The van der Waals surface area contributed by atoms with Crippen LogP contribution in [0.4, 0.5) is 17.1 Å². The summed E-state index contributed by atoms with van der Waals surface area (Å²) in [7, 11) is 0. The second-order valence-electron chi connectivity index (χ2n) is 18.5. The number of rotatable bonds is 9. The Labute approximate surface area is 365 Å². The van der Waals surface area contributed by atoms with Crippen LogP contribution in [0.1, 0.15) is 31.2 Å². The molecular formula is C61H47N. The third-order valence-electron chi connectivity index (χ3n) is 15.9. The van der Waals surface area contributed by atoms with Crippen LogP contribution in [-0.2, 0) is 5.41 Å². The van der Waals surface area contributed by atoms with E-state index in [0.717, 1.165) is 29.1 Å². The van der Waals surface area contributed by atoms with E-state index in [-0.39, 0.29) is 0 Å². The number of nitrogens with zero attached hydrogens (tertiary/aromatic N) is 1. The number of anilines is 3. The summed E-state index contributed by atoms with van der Waals surface area (Å²) in [6.07, 6.45) is 5.68. The van der Waals surface area contributed by atoms with E-state index in [2.05, 4.69) is 223 Å². The summed E-state index contributed by atoms with van der Waals surface area (Å²) >= 11 is 0. The molecule has 13 rings (SSSR count). The maximum atomic E-state index is 2.53. The molecular weight excluding hydrogens is 747 g/mol. The molecule has 9 aromatic carbocycles. The molecule has 62 heavy (non-hydrogen) atoms. The van der Waals surface area contributed by atoms with Crippen LogP contribution in [0.25, 0.3) is 66.4 Å². The van der Waals surface area contributed by atoms with Crippen molar-refractivity contribution in [1.29, 1.82) is 0 Å². The van der Waals surface area contributed by atoms with Gasteiger partial charge < -0.3 is 4.90 Å². The van der Waals surface area contributed by atoms with E-state index in [1.165, 1.54) is 97.8 Å². The molecule has 2 unspecified atom stereocenters. The Hall–Kier alpha value is -6.96. The van der Waals surface area contributed by atoms with E-state index in [0.29, 0.717) is 10.8 Å². The van der Waals surface area contributed by atoms with E-state index in [9.17, 15) is 0 Å². The number of para-hydroxylation sites is 1. The molecule has 0 N–H and O–H groups in total. The van der Waals surface area contributed by atoms with Crippen LogP contribution < -0.4 is 4.90 Å². The van der Waals surface area contributed by atoms with Gasteiger partial charge in [-0.3, -0.25) is 0 Å². The minimum atomic E-state index is 0.344. The fraction of sp³-hybridized carbons (Fsp3) is 0.148. The van der Waals surface area contributed by atoms with Crippen molar-refractivity contribution in [2.75, 3.05) is 4.90 Å². The first-order valence-corrected chi connectivity index (χ1v) is 22.6. The largest absolute Gasteiger partial charge is 0.309 e. The highest BCUT2D eigenvalue weighted by molar-refractivity contribution is 6.05. The molecule has 4 fully saturated rings. The van der Waals surface area contributed by atoms with Crippen LogP contribution in [-0.4, -0.2) is 0 Å². The molecule has 0 saturated heterocycles. The van der Waals surface area contributed by atoms with E-state index < -0.39 is 0 Å². The van der Waals surface area contributed by atoms with Gasteiger partial charge in [0.1, 0.15) is 0 Å². The van der Waals surface area contributed by atoms with Gasteiger partial charge in [-0.05, 0) is 140 Å². The highest BCUT2D eigenvalue weighted by Crippen LogP contribution is 2.93. The van der Waals surface area contributed by atoms with Gasteiger partial charge in [0.25, 0.3) is 0 Å². The molecule has 1 heteroatoms. The lowest BCUT2D eigenvalue weighted by Gasteiger charge is -2.91. The first-order valence-electron chi connectivity index (χ1n) is 22.6. The standard InChI is InChI=1S/C61H47N/c1-4-14-41(15-5-1)43-26-28-44(29-27-43)45-30-33-52(34-31-45)62(58-35-32-48(42-16-6-2-7-17-42)36-55(58)46-18-8-3-9-19-46)57-25-11-10-22-53(57)54-23-12-20-47-21-13-24-56(59(47)54)60-39-50-37-49-38-51(40-60)61(49,50)60/h1-36,49-51H,37-40H2. The monoisotopic (exact) mass is 793 g/mol. The summed E-state index contributed by atoms with van der Waals surface area (Å²) in [6, 6.07) is 81.0. The summed E-state index contributed by atoms with van der Waals surface area (Å²) in [5.74, 6) is 2.85. The van der Waals surface area contributed by atoms with Crippen LogP contribution in [0.3, 0.4) is 0 Å². The Morgan fingerprint density at radius 2 is 0.839 bits per heavy atom. The molecule has 296 valence electrons. The molecule has 9 aromatic rings. The van der Waals surface area contributed by atoms with Crippen molar-refractivity contribution in [2.24, 2.45) is 23.2 Å². The molecule has 0 aromatic heterocycles. The highest BCUT2D eigenvalue weighted by Gasteiger charge is 2.87. The van der Waals surface area contributed by atoms with Gasteiger partial charge in [0.05, 0.1) is 11.4 Å². The molecule has 0 heterocycles. The van der Waals surface area contributed by atoms with Gasteiger partial charge in [0, 0.05) is 22.2 Å². The molecule has 0 aliphatic heterocycles. The maximum Gasteiger partial charge on any atom is 0.0540 e. The molecule has 4 aliphatic carbocycles. The van der Waals surface area contributed by atoms with Crippen molar-refractivity contribution in [3.05, 3.63) is 224 Å². The minimum Gasteiger partial charge on any atom is -0.309 e. The number of benzene rings is 9. The molecule has 1 nitrogen and oxygen atoms in total. The van der Waals surface area contributed by atoms with Crippen molar-refractivity contribution < 1.29 is 0 Å². The van der Waals surface area contributed by atoms with Crippen LogP contribution in [0.2, 0.25) is 0 Å². The van der Waals surface area contributed by atoms with Crippen molar-refractivity contribution in [3.8, 4) is 55.6 Å². The van der Waals surface area contributed by atoms with Gasteiger partial charge in [-0.2, -0.15) is 0 Å². The van der Waals surface area contributed by atoms with Crippen LogP contribution in [0.5, 0.6) is 0 Å². The molecule has 4 saturated carbocycles. The Bertz CT molecular complexity index is 3100. The van der Waals surface area contributed by atoms with Gasteiger partial charge in [0.2, 0.25) is 0 Å². The zero-order valence-corrected chi connectivity index (χ0v) is 34.8. The Balaban J connectivity index is 0.992. The SMILES string of the molecule is c1ccc(-c2ccc(-c3ccc(N(c4ccc(-c5ccccc5)cc4-c4ccccc4)c4ccccc4-c4cccc5cccc(C67CC8CC9CC(C6)C987)c45)cc3)cc2)cc1. The normalized spacial score (nSPS) is 22.5. The average Bonchev–Trinajstić information content (AvgIpc) is 3.32. The molecule has 0 amide bonds. The summed E-state index contributed by atoms with van der Waals surface area (Å²) in [5, 5.41) is 2.82. The molecule has 4 aliphatic rings. The van der Waals surface area contributed by atoms with Gasteiger partial charge in [0.15, 0.2) is 0 Å². The molecule has 0 radical (unpaired) electrons. The zero-order chi connectivity index (χ0) is 40.8. The second-order valence-corrected chi connectivity index (χ2v) is 18.5. The van der Waals surface area contributed by atoms with Gasteiger partial charge in [-0.25, -0.2) is 0 Å². The smallest absolute Gasteiger partial charge is 0.0540 e. The fourth-order valence-electron chi connectivity index (χ4n) is 13.3. The minimum absolute atomic E-state index is 0.344. The third-order valence-corrected chi connectivity index (χ3v) is 15.9. The Morgan fingerprint density at radius 3 is 1.45 bits per heavy atom. The quantitative estimate of drug-likeness (QED) is 0.141. The molecule has 0 bridgehead atoms. The maximum absolute atomic E-state index is 2.53. The van der Waals surface area contributed by atoms with Crippen molar-refractivity contribution in [3.63, 3.8) is 0 Å². The summed E-state index contributed by atoms with van der Waals surface area (Å²) in [4.78, 5) is 2.53. The number of fused-ring (bicyclic) bond motifs is 1. The third kappa shape index (κ3) is 5.09. The lowest BCUT2D eigenvalue weighted by Crippen LogP contribution is -2.87. The Morgan fingerprint density at radius 1 is 0.355 bits per heavy atom. The van der Waals surface area contributed by atoms with Crippen LogP contribution >= 0.6 is 0 Å². The summed E-state index contributed by atoms with van der Waals surface area (Å²) in [5.41, 5.74) is 18.3. The first kappa shape index (κ1) is 35.8. The van der Waals surface area contributed by atoms with Gasteiger partial charge in [-0.15, -0.1) is 0 Å². The van der Waals surface area contributed by atoms with E-state index in [1.54, 1.807) is 5.56 Å². The summed E-state index contributed by atoms with van der Waals surface area (Å²) < 4.78 is 0. The molecule has 2 atom stereocenters. The first-order chi connectivity index (χ1) is 30.7. The lowest BCUT2D eigenvalue weighted by atomic mass is 9.12. The van der Waals surface area contributed by atoms with E-state index in [1.807, 2.05) is 0 Å².